The number of hydrogen-bond acceptors (Lipinski definition) is 3. The molecule has 0 aliphatic rings. The van der Waals surface area contributed by atoms with Crippen molar-refractivity contribution in [2.75, 3.05) is 14.1 Å². The molecule has 2 nitrogen and oxygen atoms in total. The number of nitrogens with zero attached hydrogens (tertiary/aromatic N) is 2. The van der Waals surface area contributed by atoms with Crippen LogP contribution in [0.3, 0.4) is 0 Å². The molecule has 4 heteroatoms. The molecule has 1 rings (SSSR count). The zero-order valence-corrected chi connectivity index (χ0v) is 10.1. The van der Waals surface area contributed by atoms with Crippen LogP contribution in [-0.2, 0) is 0 Å². The van der Waals surface area contributed by atoms with Gasteiger partial charge >= 0.3 is 0 Å². The molecule has 2 atom stereocenters. The number of nitriles is 1. The van der Waals surface area contributed by atoms with Gasteiger partial charge in [-0.3, -0.25) is 4.90 Å². The summed E-state index contributed by atoms with van der Waals surface area (Å²) in [6.45, 7) is 2.05. The molecule has 0 N–H and O–H groups in total. The molecule has 14 heavy (non-hydrogen) atoms. The predicted octanol–water partition coefficient (Wildman–Crippen LogP) is 2.96. The van der Waals surface area contributed by atoms with E-state index in [2.05, 4.69) is 13.0 Å². The number of hydrogen-bond donors (Lipinski definition) is 0. The maximum Gasteiger partial charge on any atom is 0.105 e. The fraction of sp³-hybridized carbons (Fsp3) is 0.500. The lowest BCUT2D eigenvalue weighted by molar-refractivity contribution is 0.318. The van der Waals surface area contributed by atoms with Gasteiger partial charge in [0.1, 0.15) is 6.04 Å². The SMILES string of the molecule is CC(c1ccc(Cl)s1)C(C#N)N(C)C. The van der Waals surface area contributed by atoms with Gasteiger partial charge in [-0.25, -0.2) is 0 Å². The smallest absolute Gasteiger partial charge is 0.105 e. The Morgan fingerprint density at radius 1 is 1.50 bits per heavy atom. The van der Waals surface area contributed by atoms with Gasteiger partial charge in [-0.05, 0) is 26.2 Å². The van der Waals surface area contributed by atoms with Crippen LogP contribution in [-0.4, -0.2) is 25.0 Å². The molecule has 0 aliphatic carbocycles. The predicted molar refractivity (Wildman–Crippen MR) is 60.8 cm³/mol. The van der Waals surface area contributed by atoms with E-state index < -0.39 is 0 Å². The maximum atomic E-state index is 9.01. The highest BCUT2D eigenvalue weighted by Crippen LogP contribution is 2.30. The molecule has 0 aromatic carbocycles. The molecule has 0 bridgehead atoms. The average Bonchev–Trinajstić information content (AvgIpc) is 2.52. The standard InChI is InChI=1S/C10H13ClN2S/c1-7(8(6-12)13(2)3)9-4-5-10(11)14-9/h4-5,7-8H,1-3H3. The fourth-order valence-electron chi connectivity index (χ4n) is 1.40. The molecule has 0 aliphatic heterocycles. The number of halogens is 1. The van der Waals surface area contributed by atoms with Gasteiger partial charge in [0, 0.05) is 10.8 Å². The van der Waals surface area contributed by atoms with Crippen molar-refractivity contribution in [1.29, 1.82) is 5.26 Å². The Bertz CT molecular complexity index is 340. The molecule has 76 valence electrons. The molecular weight excluding hydrogens is 216 g/mol. The van der Waals surface area contributed by atoms with Crippen molar-refractivity contribution in [2.45, 2.75) is 18.9 Å². The molecule has 0 saturated carbocycles. The Morgan fingerprint density at radius 2 is 2.14 bits per heavy atom. The summed E-state index contributed by atoms with van der Waals surface area (Å²) in [4.78, 5) is 3.09. The lowest BCUT2D eigenvalue weighted by Gasteiger charge is -2.22. The highest BCUT2D eigenvalue weighted by Gasteiger charge is 2.21. The van der Waals surface area contributed by atoms with Crippen LogP contribution in [0.15, 0.2) is 12.1 Å². The van der Waals surface area contributed by atoms with Crippen LogP contribution in [0, 0.1) is 11.3 Å². The second-order valence-electron chi connectivity index (χ2n) is 3.47. The monoisotopic (exact) mass is 228 g/mol. The van der Waals surface area contributed by atoms with Gasteiger partial charge in [0.2, 0.25) is 0 Å². The fourth-order valence-corrected chi connectivity index (χ4v) is 2.55. The number of likely N-dealkylation sites (N-methyl/N-ethyl adjacent to an activating group) is 1. The number of thiophene rings is 1. The lowest BCUT2D eigenvalue weighted by Crippen LogP contribution is -2.30. The Labute approximate surface area is 93.7 Å². The van der Waals surface area contributed by atoms with E-state index in [0.29, 0.717) is 0 Å². The van der Waals surface area contributed by atoms with Crippen molar-refractivity contribution < 1.29 is 0 Å². The van der Waals surface area contributed by atoms with Crippen molar-refractivity contribution in [3.63, 3.8) is 0 Å². The van der Waals surface area contributed by atoms with Gasteiger partial charge in [0.15, 0.2) is 0 Å². The first-order chi connectivity index (χ1) is 6.56. The van der Waals surface area contributed by atoms with Crippen molar-refractivity contribution in [2.24, 2.45) is 0 Å². The topological polar surface area (TPSA) is 27.0 Å². The molecule has 0 radical (unpaired) electrons. The summed E-state index contributed by atoms with van der Waals surface area (Å²) in [5.41, 5.74) is 0. The van der Waals surface area contributed by atoms with Crippen molar-refractivity contribution >= 4 is 22.9 Å². The molecule has 0 spiro atoms. The van der Waals surface area contributed by atoms with E-state index in [0.717, 1.165) is 9.21 Å². The molecule has 1 aromatic rings. The van der Waals surface area contributed by atoms with Gasteiger partial charge in [-0.15, -0.1) is 11.3 Å². The molecule has 1 aromatic heterocycles. The van der Waals surface area contributed by atoms with E-state index in [4.69, 9.17) is 16.9 Å². The highest BCUT2D eigenvalue weighted by atomic mass is 35.5. The molecule has 1 heterocycles. The molecule has 2 unspecified atom stereocenters. The quantitative estimate of drug-likeness (QED) is 0.796. The zero-order valence-electron chi connectivity index (χ0n) is 8.49. The van der Waals surface area contributed by atoms with Crippen molar-refractivity contribution in [3.05, 3.63) is 21.3 Å². The average molecular weight is 229 g/mol. The minimum Gasteiger partial charge on any atom is -0.294 e. The van der Waals surface area contributed by atoms with Crippen molar-refractivity contribution in [1.82, 2.24) is 4.90 Å². The van der Waals surface area contributed by atoms with E-state index in [-0.39, 0.29) is 12.0 Å². The minimum atomic E-state index is -0.0929. The Hall–Kier alpha value is -0.560. The van der Waals surface area contributed by atoms with Crippen LogP contribution in [0.1, 0.15) is 17.7 Å². The lowest BCUT2D eigenvalue weighted by atomic mass is 10.0. The number of rotatable bonds is 3. The summed E-state index contributed by atoms with van der Waals surface area (Å²) in [7, 11) is 3.83. The maximum absolute atomic E-state index is 9.01. The first-order valence-corrected chi connectivity index (χ1v) is 5.57. The normalized spacial score (nSPS) is 15.1. The van der Waals surface area contributed by atoms with Gasteiger partial charge in [0.25, 0.3) is 0 Å². The second-order valence-corrected chi connectivity index (χ2v) is 5.21. The van der Waals surface area contributed by atoms with Crippen LogP contribution in [0.5, 0.6) is 0 Å². The molecule has 0 saturated heterocycles. The Kier molecular flexibility index (Phi) is 3.94. The van der Waals surface area contributed by atoms with Crippen LogP contribution >= 0.6 is 22.9 Å². The van der Waals surface area contributed by atoms with E-state index >= 15 is 0 Å². The second kappa shape index (κ2) is 4.79. The Morgan fingerprint density at radius 3 is 2.50 bits per heavy atom. The van der Waals surface area contributed by atoms with Crippen LogP contribution in [0.25, 0.3) is 0 Å². The van der Waals surface area contributed by atoms with E-state index in [1.165, 1.54) is 0 Å². The molecular formula is C10H13ClN2S. The zero-order chi connectivity index (χ0) is 10.7. The van der Waals surface area contributed by atoms with Crippen molar-refractivity contribution in [3.8, 4) is 6.07 Å². The summed E-state index contributed by atoms with van der Waals surface area (Å²) in [5, 5.41) is 9.01. The molecule has 0 amide bonds. The summed E-state index contributed by atoms with van der Waals surface area (Å²) in [6.07, 6.45) is 0. The van der Waals surface area contributed by atoms with Crippen LogP contribution < -0.4 is 0 Å². The Balaban J connectivity index is 2.84. The van der Waals surface area contributed by atoms with Gasteiger partial charge in [-0.1, -0.05) is 18.5 Å². The molecule has 0 fully saturated rings. The third-order valence-electron chi connectivity index (χ3n) is 2.20. The van der Waals surface area contributed by atoms with Gasteiger partial charge in [0.05, 0.1) is 10.4 Å². The first kappa shape index (κ1) is 11.5. The van der Waals surface area contributed by atoms with E-state index in [1.54, 1.807) is 11.3 Å². The first-order valence-electron chi connectivity index (χ1n) is 4.37. The van der Waals surface area contributed by atoms with E-state index in [1.807, 2.05) is 31.1 Å². The highest BCUT2D eigenvalue weighted by molar-refractivity contribution is 7.16. The minimum absolute atomic E-state index is 0.0929. The van der Waals surface area contributed by atoms with Crippen LogP contribution in [0.2, 0.25) is 4.34 Å². The summed E-state index contributed by atoms with van der Waals surface area (Å²) in [5.74, 6) is 0.201. The third-order valence-corrected chi connectivity index (χ3v) is 3.64. The largest absolute Gasteiger partial charge is 0.294 e. The van der Waals surface area contributed by atoms with Gasteiger partial charge in [-0.2, -0.15) is 5.26 Å². The summed E-state index contributed by atoms with van der Waals surface area (Å²) >= 11 is 7.40. The summed E-state index contributed by atoms with van der Waals surface area (Å²) in [6, 6.07) is 6.07. The van der Waals surface area contributed by atoms with E-state index in [9.17, 15) is 0 Å². The van der Waals surface area contributed by atoms with Crippen LogP contribution in [0.4, 0.5) is 0 Å². The van der Waals surface area contributed by atoms with Gasteiger partial charge < -0.3 is 0 Å². The third kappa shape index (κ3) is 2.48. The summed E-state index contributed by atoms with van der Waals surface area (Å²) < 4.78 is 0.780.